The molecular weight excluding hydrogens is 530 g/mol. The molecule has 0 radical (unpaired) electrons. The van der Waals surface area contributed by atoms with Gasteiger partial charge in [-0.15, -0.1) is 0 Å². The summed E-state index contributed by atoms with van der Waals surface area (Å²) in [6, 6.07) is 14.1. The highest BCUT2D eigenvalue weighted by molar-refractivity contribution is 7.92. The van der Waals surface area contributed by atoms with Crippen LogP contribution in [0.3, 0.4) is 0 Å². The van der Waals surface area contributed by atoms with Gasteiger partial charge in [0.1, 0.15) is 0 Å². The van der Waals surface area contributed by atoms with Crippen LogP contribution in [-0.4, -0.2) is 72.0 Å². The first-order valence-corrected chi connectivity index (χ1v) is 18.0. The monoisotopic (exact) mass is 566 g/mol. The Kier molecular flexibility index (Phi) is 8.34. The van der Waals surface area contributed by atoms with Crippen LogP contribution >= 0.6 is 0 Å². The van der Waals surface area contributed by atoms with Gasteiger partial charge in [0.15, 0.2) is 0 Å². The van der Waals surface area contributed by atoms with E-state index >= 15 is 0 Å². The number of nitrogens with zero attached hydrogens (tertiary/aromatic N) is 2. The molecule has 0 aliphatic carbocycles. The second-order valence-corrected chi connectivity index (χ2v) is 18.0. The van der Waals surface area contributed by atoms with Crippen molar-refractivity contribution in [3.63, 3.8) is 0 Å². The fourth-order valence-corrected chi connectivity index (χ4v) is 7.65. The van der Waals surface area contributed by atoms with Gasteiger partial charge in [-0.1, -0.05) is 19.2 Å². The number of amides is 1. The van der Waals surface area contributed by atoms with E-state index in [1.165, 1.54) is 0 Å². The van der Waals surface area contributed by atoms with Crippen molar-refractivity contribution >= 4 is 46.8 Å². The lowest BCUT2D eigenvalue weighted by Gasteiger charge is -2.38. The third-order valence-corrected chi connectivity index (χ3v) is 11.7. The van der Waals surface area contributed by atoms with Gasteiger partial charge in [0, 0.05) is 50.4 Å². The van der Waals surface area contributed by atoms with Gasteiger partial charge in [0.2, 0.25) is 10.0 Å². The molecule has 3 N–H and O–H groups in total. The minimum absolute atomic E-state index is 0.198. The van der Waals surface area contributed by atoms with Crippen LogP contribution in [0.1, 0.15) is 23.2 Å². The number of sulfonamides is 1. The lowest BCUT2D eigenvalue weighted by atomic mass is 10.1. The van der Waals surface area contributed by atoms with E-state index < -0.39 is 36.4 Å². The minimum atomic E-state index is -3.72. The van der Waals surface area contributed by atoms with Gasteiger partial charge in [-0.05, 0) is 48.5 Å². The average molecular weight is 567 g/mol. The third-order valence-electron chi connectivity index (χ3n) is 7.30. The maximum atomic E-state index is 13.6. The first-order chi connectivity index (χ1) is 17.9. The quantitative estimate of drug-likeness (QED) is 0.409. The van der Waals surface area contributed by atoms with Gasteiger partial charge in [0.25, 0.3) is 11.8 Å². The third kappa shape index (κ3) is 7.23. The van der Waals surface area contributed by atoms with Crippen molar-refractivity contribution in [2.75, 3.05) is 58.4 Å². The normalized spacial score (nSPS) is 19.2. The number of alkyl halides is 2. The Balaban J connectivity index is 1.57. The predicted molar refractivity (Wildman–Crippen MR) is 151 cm³/mol. The number of benzene rings is 2. The number of anilines is 4. The smallest absolute Gasteiger partial charge is 0.257 e. The molecule has 8 nitrogen and oxygen atoms in total. The number of aliphatic hydroxyl groups excluding tert-OH is 1. The summed E-state index contributed by atoms with van der Waals surface area (Å²) in [4.78, 5) is 17.5. The van der Waals surface area contributed by atoms with Crippen molar-refractivity contribution in [1.29, 1.82) is 0 Å². The fraction of sp³-hybridized carbons (Fsp3) is 0.500. The molecule has 38 heavy (non-hydrogen) atoms. The highest BCUT2D eigenvalue weighted by Crippen LogP contribution is 2.33. The molecule has 2 aromatic rings. The van der Waals surface area contributed by atoms with Crippen molar-refractivity contribution < 1.29 is 27.1 Å². The highest BCUT2D eigenvalue weighted by Gasteiger charge is 2.34. The molecule has 0 spiro atoms. The van der Waals surface area contributed by atoms with Crippen LogP contribution in [-0.2, 0) is 10.0 Å². The topological polar surface area (TPSA) is 102 Å². The lowest BCUT2D eigenvalue weighted by molar-refractivity contribution is -0.0220. The van der Waals surface area contributed by atoms with Gasteiger partial charge in [-0.25, -0.2) is 17.2 Å². The van der Waals surface area contributed by atoms with Crippen LogP contribution < -0.4 is 19.8 Å². The molecule has 4 rings (SSSR count). The van der Waals surface area contributed by atoms with E-state index in [0.29, 0.717) is 22.6 Å². The maximum Gasteiger partial charge on any atom is 0.257 e. The second kappa shape index (κ2) is 11.2. The number of aliphatic hydroxyl groups is 1. The van der Waals surface area contributed by atoms with Crippen LogP contribution in [0.4, 0.5) is 31.5 Å². The van der Waals surface area contributed by atoms with Gasteiger partial charge in [-0.3, -0.25) is 9.52 Å². The van der Waals surface area contributed by atoms with Crippen LogP contribution in [0.2, 0.25) is 25.2 Å². The molecule has 0 atom stereocenters. The summed E-state index contributed by atoms with van der Waals surface area (Å²) in [5.74, 6) is -3.39. The second-order valence-electron chi connectivity index (χ2n) is 10.9. The van der Waals surface area contributed by atoms with Gasteiger partial charge in [0.05, 0.1) is 37.4 Å². The predicted octanol–water partition coefficient (Wildman–Crippen LogP) is 4.44. The molecule has 0 aromatic heterocycles. The Labute approximate surface area is 224 Å². The Morgan fingerprint density at radius 2 is 1.68 bits per heavy atom. The fourth-order valence-electron chi connectivity index (χ4n) is 4.82. The molecule has 208 valence electrons. The average Bonchev–Trinajstić information content (AvgIpc) is 2.84. The molecule has 2 fully saturated rings. The summed E-state index contributed by atoms with van der Waals surface area (Å²) in [6.45, 7) is 6.24. The zero-order chi connectivity index (χ0) is 27.6. The van der Waals surface area contributed by atoms with E-state index in [2.05, 4.69) is 28.0 Å². The van der Waals surface area contributed by atoms with Crippen molar-refractivity contribution in [2.45, 2.75) is 43.9 Å². The molecule has 0 bridgehead atoms. The molecule has 0 unspecified atom stereocenters. The van der Waals surface area contributed by atoms with Gasteiger partial charge >= 0.3 is 0 Å². The molecule has 2 heterocycles. The molecule has 12 heteroatoms. The number of hydrogen-bond acceptors (Lipinski definition) is 6. The van der Waals surface area contributed by atoms with Crippen LogP contribution in [0.15, 0.2) is 42.5 Å². The molecule has 2 saturated heterocycles. The summed E-state index contributed by atoms with van der Waals surface area (Å²) >= 11 is 0. The van der Waals surface area contributed by atoms with Gasteiger partial charge < -0.3 is 20.2 Å². The number of piperidine rings is 1. The zero-order valence-corrected chi connectivity index (χ0v) is 23.7. The standard InChI is InChI=1S/C26H36F2N4O4SSi/c1-38(2)16-12-32(13-17-38)24-19-21(30-37(35,36)15-14-33)6-7-23(24)25(34)29-20-4-3-5-22(18-20)31-10-8-26(27,28)9-11-31/h3-7,18-19,30,33H,8-17H2,1-2H3,(H,29,34). The molecule has 2 aliphatic rings. The Morgan fingerprint density at radius 3 is 2.34 bits per heavy atom. The van der Waals surface area contributed by atoms with Crippen LogP contribution in [0.5, 0.6) is 0 Å². The number of carbonyl (C=O) groups is 1. The van der Waals surface area contributed by atoms with E-state index in [1.54, 1.807) is 36.4 Å². The van der Waals surface area contributed by atoms with Crippen molar-refractivity contribution in [1.82, 2.24) is 0 Å². The van der Waals surface area contributed by atoms with Crippen LogP contribution in [0.25, 0.3) is 0 Å². The molecular formula is C26H36F2N4O4SSi. The molecule has 0 saturated carbocycles. The number of hydrogen-bond donors (Lipinski definition) is 3. The van der Waals surface area contributed by atoms with E-state index in [-0.39, 0.29) is 31.8 Å². The number of halogens is 2. The van der Waals surface area contributed by atoms with E-state index in [0.717, 1.165) is 30.9 Å². The van der Waals surface area contributed by atoms with Gasteiger partial charge in [-0.2, -0.15) is 0 Å². The van der Waals surface area contributed by atoms with E-state index in [4.69, 9.17) is 5.11 Å². The largest absolute Gasteiger partial charge is 0.395 e. The minimum Gasteiger partial charge on any atom is -0.395 e. The summed E-state index contributed by atoms with van der Waals surface area (Å²) in [5.41, 5.74) is 2.71. The van der Waals surface area contributed by atoms with Crippen molar-refractivity contribution in [2.24, 2.45) is 0 Å². The Morgan fingerprint density at radius 1 is 1.00 bits per heavy atom. The Hall–Kier alpha value is -2.70. The number of nitrogens with one attached hydrogen (secondary N) is 2. The molecule has 2 aliphatic heterocycles. The maximum absolute atomic E-state index is 13.6. The van der Waals surface area contributed by atoms with E-state index in [9.17, 15) is 22.0 Å². The highest BCUT2D eigenvalue weighted by atomic mass is 32.2. The number of carbonyl (C=O) groups excluding carboxylic acids is 1. The van der Waals surface area contributed by atoms with Crippen molar-refractivity contribution in [3.05, 3.63) is 48.0 Å². The summed E-state index contributed by atoms with van der Waals surface area (Å²) in [5, 5.41) is 12.0. The molecule has 1 amide bonds. The Bertz CT molecular complexity index is 1260. The summed E-state index contributed by atoms with van der Waals surface area (Å²) in [7, 11) is -5.02. The van der Waals surface area contributed by atoms with Crippen LogP contribution in [0, 0.1) is 0 Å². The summed E-state index contributed by atoms with van der Waals surface area (Å²) < 4.78 is 54.1. The molecule has 2 aromatic carbocycles. The zero-order valence-electron chi connectivity index (χ0n) is 21.8. The lowest BCUT2D eigenvalue weighted by Crippen LogP contribution is -2.43. The first-order valence-electron chi connectivity index (χ1n) is 12.9. The number of rotatable bonds is 8. The first kappa shape index (κ1) is 28.3. The summed E-state index contributed by atoms with van der Waals surface area (Å²) in [6.07, 6.45) is -0.395. The van der Waals surface area contributed by atoms with Crippen molar-refractivity contribution in [3.8, 4) is 0 Å². The SMILES string of the molecule is C[Si]1(C)CCN(c2cc(NS(=O)(=O)CCO)ccc2C(=O)Nc2cccc(N3CCC(F)(F)CC3)c2)CC1. The van der Waals surface area contributed by atoms with E-state index in [1.807, 2.05) is 11.0 Å².